The lowest BCUT2D eigenvalue weighted by Gasteiger charge is -2.27. The number of thioether (sulfide) groups is 1. The summed E-state index contributed by atoms with van der Waals surface area (Å²) in [6.07, 6.45) is 8.31. The number of pyridine rings is 1. The first-order valence-electron chi connectivity index (χ1n) is 10.1. The van der Waals surface area contributed by atoms with Crippen LogP contribution in [0.1, 0.15) is 36.2 Å². The Labute approximate surface area is 179 Å². The molecule has 2 aliphatic heterocycles. The van der Waals surface area contributed by atoms with Gasteiger partial charge in [-0.2, -0.15) is 0 Å². The van der Waals surface area contributed by atoms with Gasteiger partial charge < -0.3 is 9.47 Å². The van der Waals surface area contributed by atoms with Gasteiger partial charge in [-0.1, -0.05) is 0 Å². The molecule has 0 aromatic carbocycles. The van der Waals surface area contributed by atoms with Gasteiger partial charge >= 0.3 is 0 Å². The molecule has 156 valence electrons. The number of imide groups is 1. The summed E-state index contributed by atoms with van der Waals surface area (Å²) in [6.45, 7) is 5.17. The van der Waals surface area contributed by atoms with Gasteiger partial charge in [0.2, 0.25) is 5.91 Å². The Morgan fingerprint density at radius 2 is 1.97 bits per heavy atom. The second kappa shape index (κ2) is 8.47. The van der Waals surface area contributed by atoms with E-state index in [0.29, 0.717) is 18.0 Å². The molecule has 0 saturated carbocycles. The molecule has 0 atom stereocenters. The highest BCUT2D eigenvalue weighted by Gasteiger charge is 2.37. The Bertz CT molecular complexity index is 1020. The van der Waals surface area contributed by atoms with Crippen molar-refractivity contribution in [2.24, 2.45) is 0 Å². The van der Waals surface area contributed by atoms with Crippen molar-refractivity contribution in [2.75, 3.05) is 19.6 Å². The number of piperidine rings is 1. The van der Waals surface area contributed by atoms with Crippen molar-refractivity contribution in [3.8, 4) is 5.69 Å². The third-order valence-electron chi connectivity index (χ3n) is 5.54. The molecular formula is C22H24N4O3S. The molecule has 0 unspecified atom stereocenters. The summed E-state index contributed by atoms with van der Waals surface area (Å²) in [7, 11) is 0. The van der Waals surface area contributed by atoms with Crippen LogP contribution in [0.4, 0.5) is 4.79 Å². The highest BCUT2D eigenvalue weighted by atomic mass is 32.2. The van der Waals surface area contributed by atoms with Crippen molar-refractivity contribution in [1.82, 2.24) is 19.4 Å². The predicted molar refractivity (Wildman–Crippen MR) is 116 cm³/mol. The van der Waals surface area contributed by atoms with Gasteiger partial charge in [0, 0.05) is 30.7 Å². The van der Waals surface area contributed by atoms with Gasteiger partial charge in [0.25, 0.3) is 11.1 Å². The maximum atomic E-state index is 12.8. The lowest BCUT2D eigenvalue weighted by atomic mass is 10.1. The van der Waals surface area contributed by atoms with E-state index in [2.05, 4.69) is 9.55 Å². The van der Waals surface area contributed by atoms with Crippen molar-refractivity contribution >= 4 is 34.9 Å². The molecular weight excluding hydrogens is 400 g/mol. The zero-order valence-corrected chi connectivity index (χ0v) is 17.9. The second-order valence-corrected chi connectivity index (χ2v) is 8.58. The standard InChI is InChI=1S/C22H24N4O3S/c1-15-11-17(16(2)26(15)18-7-6-8-23-13-18)12-19-21(28)25(22(29)30-19)14-20(27)24-9-4-3-5-10-24/h6-8,11-13H,3-5,9-10,14H2,1-2H3/b19-12-. The second-order valence-electron chi connectivity index (χ2n) is 7.58. The highest BCUT2D eigenvalue weighted by molar-refractivity contribution is 8.18. The van der Waals surface area contributed by atoms with Gasteiger partial charge in [-0.25, -0.2) is 0 Å². The third-order valence-corrected chi connectivity index (χ3v) is 6.44. The molecule has 4 rings (SSSR count). The summed E-state index contributed by atoms with van der Waals surface area (Å²) in [4.78, 5) is 45.1. The average Bonchev–Trinajstić information content (AvgIpc) is 3.18. The molecule has 30 heavy (non-hydrogen) atoms. The van der Waals surface area contributed by atoms with Crippen LogP contribution in [-0.4, -0.2) is 56.0 Å². The lowest BCUT2D eigenvalue weighted by molar-refractivity contribution is -0.136. The van der Waals surface area contributed by atoms with Crippen LogP contribution in [0.2, 0.25) is 0 Å². The Balaban J connectivity index is 1.54. The predicted octanol–water partition coefficient (Wildman–Crippen LogP) is 3.54. The molecule has 2 aromatic rings. The van der Waals surface area contributed by atoms with E-state index in [1.165, 1.54) is 0 Å². The van der Waals surface area contributed by atoms with Crippen LogP contribution in [0.15, 0.2) is 35.5 Å². The molecule has 0 N–H and O–H groups in total. The summed E-state index contributed by atoms with van der Waals surface area (Å²) < 4.78 is 2.06. The maximum absolute atomic E-state index is 12.8. The fourth-order valence-electron chi connectivity index (χ4n) is 3.97. The molecule has 0 spiro atoms. The number of aryl methyl sites for hydroxylation is 1. The summed E-state index contributed by atoms with van der Waals surface area (Å²) in [6, 6.07) is 5.82. The van der Waals surface area contributed by atoms with Crippen molar-refractivity contribution < 1.29 is 14.4 Å². The van der Waals surface area contributed by atoms with Crippen molar-refractivity contribution in [3.63, 3.8) is 0 Å². The molecule has 8 heteroatoms. The Kier molecular flexibility index (Phi) is 5.76. The Morgan fingerprint density at radius 1 is 1.20 bits per heavy atom. The topological polar surface area (TPSA) is 75.5 Å². The summed E-state index contributed by atoms with van der Waals surface area (Å²) >= 11 is 0.891. The zero-order chi connectivity index (χ0) is 21.3. The normalized spacial score (nSPS) is 18.5. The highest BCUT2D eigenvalue weighted by Crippen LogP contribution is 2.33. The fourth-order valence-corrected chi connectivity index (χ4v) is 4.80. The summed E-state index contributed by atoms with van der Waals surface area (Å²) in [5.41, 5.74) is 3.76. The van der Waals surface area contributed by atoms with Gasteiger partial charge in [0.15, 0.2) is 0 Å². The van der Waals surface area contributed by atoms with Crippen LogP contribution in [0.25, 0.3) is 11.8 Å². The molecule has 0 radical (unpaired) electrons. The SMILES string of the molecule is Cc1cc(/C=C2\SC(=O)N(CC(=O)N3CCCCC3)C2=O)c(C)n1-c1cccnc1. The van der Waals surface area contributed by atoms with Crippen LogP contribution in [0.3, 0.4) is 0 Å². The number of aromatic nitrogens is 2. The number of likely N-dealkylation sites (tertiary alicyclic amines) is 1. The van der Waals surface area contributed by atoms with Crippen molar-refractivity contribution in [1.29, 1.82) is 0 Å². The van der Waals surface area contributed by atoms with E-state index in [1.54, 1.807) is 23.4 Å². The van der Waals surface area contributed by atoms with Crippen molar-refractivity contribution in [3.05, 3.63) is 52.4 Å². The van der Waals surface area contributed by atoms with Gasteiger partial charge in [-0.3, -0.25) is 24.3 Å². The smallest absolute Gasteiger partial charge is 0.294 e. The number of hydrogen-bond acceptors (Lipinski definition) is 5. The van der Waals surface area contributed by atoms with Gasteiger partial charge in [-0.15, -0.1) is 0 Å². The van der Waals surface area contributed by atoms with Crippen molar-refractivity contribution in [2.45, 2.75) is 33.1 Å². The summed E-state index contributed by atoms with van der Waals surface area (Å²) in [5.74, 6) is -0.561. The van der Waals surface area contributed by atoms with Gasteiger partial charge in [0.1, 0.15) is 6.54 Å². The number of carbonyl (C=O) groups is 3. The monoisotopic (exact) mass is 424 g/mol. The number of nitrogens with zero attached hydrogens (tertiary/aromatic N) is 4. The van der Waals surface area contributed by atoms with E-state index in [9.17, 15) is 14.4 Å². The quantitative estimate of drug-likeness (QED) is 0.702. The third kappa shape index (κ3) is 3.92. The van der Waals surface area contributed by atoms with E-state index in [0.717, 1.165) is 58.6 Å². The first kappa shape index (κ1) is 20.4. The molecule has 0 aliphatic carbocycles. The van der Waals surface area contributed by atoms with Crippen LogP contribution in [0.5, 0.6) is 0 Å². The minimum Gasteiger partial charge on any atom is -0.341 e. The van der Waals surface area contributed by atoms with Gasteiger partial charge in [0.05, 0.1) is 16.8 Å². The number of hydrogen-bond donors (Lipinski definition) is 0. The molecule has 7 nitrogen and oxygen atoms in total. The molecule has 2 fully saturated rings. The first-order valence-corrected chi connectivity index (χ1v) is 10.9. The molecule has 2 saturated heterocycles. The van der Waals surface area contributed by atoms with Crippen LogP contribution >= 0.6 is 11.8 Å². The largest absolute Gasteiger partial charge is 0.341 e. The molecule has 4 heterocycles. The Hall–Kier alpha value is -2.87. The number of carbonyl (C=O) groups excluding carboxylic acids is 3. The maximum Gasteiger partial charge on any atom is 0.294 e. The van der Waals surface area contributed by atoms with E-state index >= 15 is 0 Å². The van der Waals surface area contributed by atoms with Crippen LogP contribution in [-0.2, 0) is 9.59 Å². The Morgan fingerprint density at radius 3 is 2.67 bits per heavy atom. The van der Waals surface area contributed by atoms with Crippen LogP contribution < -0.4 is 0 Å². The first-order chi connectivity index (χ1) is 14.5. The minimum absolute atomic E-state index is 0.159. The number of amides is 3. The van der Waals surface area contributed by atoms with E-state index in [-0.39, 0.29) is 12.5 Å². The average molecular weight is 425 g/mol. The van der Waals surface area contributed by atoms with E-state index in [1.807, 2.05) is 32.0 Å². The number of rotatable bonds is 4. The van der Waals surface area contributed by atoms with E-state index in [4.69, 9.17) is 0 Å². The molecule has 3 amide bonds. The lowest BCUT2D eigenvalue weighted by Crippen LogP contribution is -2.44. The summed E-state index contributed by atoms with van der Waals surface area (Å²) in [5, 5.41) is -0.391. The van der Waals surface area contributed by atoms with Crippen LogP contribution in [0, 0.1) is 13.8 Å². The van der Waals surface area contributed by atoms with E-state index < -0.39 is 11.1 Å². The zero-order valence-electron chi connectivity index (χ0n) is 17.1. The fraction of sp³-hybridized carbons (Fsp3) is 0.364. The van der Waals surface area contributed by atoms with Gasteiger partial charge in [-0.05, 0) is 74.7 Å². The minimum atomic E-state index is -0.401. The molecule has 0 bridgehead atoms. The molecule has 2 aliphatic rings. The molecule has 2 aromatic heterocycles.